The zero-order valence-electron chi connectivity index (χ0n) is 16.2. The largest absolute Gasteiger partial charge is 0.348 e. The van der Waals surface area contributed by atoms with Gasteiger partial charge in [0.25, 0.3) is 0 Å². The Balaban J connectivity index is 1.45. The van der Waals surface area contributed by atoms with E-state index in [0.29, 0.717) is 0 Å². The molecule has 1 spiro atoms. The Morgan fingerprint density at radius 1 is 1.07 bits per heavy atom. The Kier molecular flexibility index (Phi) is 4.92. The Morgan fingerprint density at radius 3 is 2.57 bits per heavy atom. The van der Waals surface area contributed by atoms with Gasteiger partial charge in [-0.25, -0.2) is 0 Å². The maximum Gasteiger partial charge on any atom is 0.240 e. The van der Waals surface area contributed by atoms with E-state index < -0.39 is 5.41 Å². The van der Waals surface area contributed by atoms with Crippen molar-refractivity contribution < 1.29 is 14.4 Å². The summed E-state index contributed by atoms with van der Waals surface area (Å²) in [6.45, 7) is 1.74. The molecule has 1 aliphatic carbocycles. The molecule has 1 N–H and O–H groups in total. The van der Waals surface area contributed by atoms with Crippen molar-refractivity contribution in [2.24, 2.45) is 5.41 Å². The van der Waals surface area contributed by atoms with Gasteiger partial charge in [-0.1, -0.05) is 61.7 Å². The van der Waals surface area contributed by atoms with Gasteiger partial charge in [0.1, 0.15) is 6.54 Å². The molecular formula is C23H26N2O3. The number of likely N-dealkylation sites (tertiary alicyclic amines) is 1. The third kappa shape index (κ3) is 3.30. The molecule has 1 heterocycles. The number of benzene rings is 2. The molecular weight excluding hydrogens is 352 g/mol. The van der Waals surface area contributed by atoms with E-state index in [2.05, 4.69) is 5.32 Å². The predicted molar refractivity (Wildman–Crippen MR) is 107 cm³/mol. The second kappa shape index (κ2) is 7.38. The van der Waals surface area contributed by atoms with Crippen LogP contribution in [0, 0.1) is 5.41 Å². The average molecular weight is 378 g/mol. The lowest BCUT2D eigenvalue weighted by molar-refractivity contribution is -0.145. The highest BCUT2D eigenvalue weighted by molar-refractivity contribution is 6.08. The summed E-state index contributed by atoms with van der Waals surface area (Å²) in [4.78, 5) is 39.1. The maximum absolute atomic E-state index is 12.9. The molecule has 28 heavy (non-hydrogen) atoms. The SMILES string of the molecule is CC(NC(=O)CN1C(=O)CC2(CCCCC2)C1=O)c1cccc2ccccc12. The Bertz CT molecular complexity index is 925. The predicted octanol–water partition coefficient (Wildman–Crippen LogP) is 3.73. The summed E-state index contributed by atoms with van der Waals surface area (Å²) in [5.74, 6) is -0.653. The normalized spacial score (nSPS) is 20.0. The number of fused-ring (bicyclic) bond motifs is 1. The Morgan fingerprint density at radius 2 is 1.79 bits per heavy atom. The minimum atomic E-state index is -0.545. The van der Waals surface area contributed by atoms with E-state index >= 15 is 0 Å². The highest BCUT2D eigenvalue weighted by Gasteiger charge is 2.51. The molecule has 2 aromatic rings. The van der Waals surface area contributed by atoms with Crippen molar-refractivity contribution in [2.75, 3.05) is 6.54 Å². The topological polar surface area (TPSA) is 66.5 Å². The van der Waals surface area contributed by atoms with Crippen molar-refractivity contribution in [3.8, 4) is 0 Å². The Labute approximate surface area is 165 Å². The lowest BCUT2D eigenvalue weighted by atomic mass is 9.73. The van der Waals surface area contributed by atoms with E-state index in [1.54, 1.807) is 0 Å². The van der Waals surface area contributed by atoms with Gasteiger partial charge in [-0.15, -0.1) is 0 Å². The van der Waals surface area contributed by atoms with Gasteiger partial charge in [0.15, 0.2) is 0 Å². The zero-order chi connectivity index (χ0) is 19.7. The van der Waals surface area contributed by atoms with Gasteiger partial charge >= 0.3 is 0 Å². The quantitative estimate of drug-likeness (QED) is 0.825. The molecule has 0 bridgehead atoms. The van der Waals surface area contributed by atoms with Crippen molar-refractivity contribution in [1.29, 1.82) is 0 Å². The van der Waals surface area contributed by atoms with Crippen molar-refractivity contribution in [2.45, 2.75) is 51.5 Å². The molecule has 5 heteroatoms. The zero-order valence-corrected chi connectivity index (χ0v) is 16.2. The first-order chi connectivity index (χ1) is 13.5. The van der Waals surface area contributed by atoms with Gasteiger partial charge in [0.05, 0.1) is 11.5 Å². The van der Waals surface area contributed by atoms with Crippen molar-refractivity contribution in [3.63, 3.8) is 0 Å². The summed E-state index contributed by atoms with van der Waals surface area (Å²) in [5.41, 5.74) is 0.478. The van der Waals surface area contributed by atoms with Gasteiger partial charge in [-0.2, -0.15) is 0 Å². The number of hydrogen-bond acceptors (Lipinski definition) is 3. The third-order valence-electron chi connectivity index (χ3n) is 6.27. The average Bonchev–Trinajstić information content (AvgIpc) is 2.92. The molecule has 1 saturated heterocycles. The summed E-state index contributed by atoms with van der Waals surface area (Å²) in [6, 6.07) is 13.8. The van der Waals surface area contributed by atoms with Crippen LogP contribution in [0.1, 0.15) is 57.1 Å². The summed E-state index contributed by atoms with van der Waals surface area (Å²) in [6.07, 6.45) is 4.88. The number of carbonyl (C=O) groups is 3. The molecule has 2 aromatic carbocycles. The standard InChI is InChI=1S/C23H26N2O3/c1-16(18-11-7-9-17-8-3-4-10-19(17)18)24-20(26)15-25-21(27)14-23(22(25)28)12-5-2-6-13-23/h3-4,7-11,16H,2,5-6,12-15H2,1H3,(H,24,26). The van der Waals surface area contributed by atoms with Gasteiger partial charge < -0.3 is 5.32 Å². The van der Waals surface area contributed by atoms with Gasteiger partial charge in [-0.3, -0.25) is 19.3 Å². The Hall–Kier alpha value is -2.69. The van der Waals surface area contributed by atoms with Crippen LogP contribution in [0.5, 0.6) is 0 Å². The first-order valence-electron chi connectivity index (χ1n) is 10.1. The van der Waals surface area contributed by atoms with Crippen LogP contribution in [-0.2, 0) is 14.4 Å². The van der Waals surface area contributed by atoms with Crippen LogP contribution in [0.15, 0.2) is 42.5 Å². The van der Waals surface area contributed by atoms with Crippen LogP contribution in [0.4, 0.5) is 0 Å². The number of carbonyl (C=O) groups excluding carboxylic acids is 3. The van der Waals surface area contributed by atoms with Crippen LogP contribution in [0.25, 0.3) is 10.8 Å². The highest BCUT2D eigenvalue weighted by atomic mass is 16.2. The molecule has 0 radical (unpaired) electrons. The van der Waals surface area contributed by atoms with Crippen LogP contribution >= 0.6 is 0 Å². The minimum absolute atomic E-state index is 0.148. The minimum Gasteiger partial charge on any atom is -0.348 e. The summed E-state index contributed by atoms with van der Waals surface area (Å²) < 4.78 is 0. The first-order valence-corrected chi connectivity index (χ1v) is 10.1. The highest BCUT2D eigenvalue weighted by Crippen LogP contribution is 2.45. The summed E-state index contributed by atoms with van der Waals surface area (Å²) >= 11 is 0. The van der Waals surface area contributed by atoms with E-state index in [1.807, 2.05) is 49.4 Å². The molecule has 2 aliphatic rings. The number of nitrogens with zero attached hydrogens (tertiary/aromatic N) is 1. The van der Waals surface area contributed by atoms with E-state index in [-0.39, 0.29) is 36.7 Å². The molecule has 1 atom stereocenters. The van der Waals surface area contributed by atoms with Crippen molar-refractivity contribution in [1.82, 2.24) is 10.2 Å². The monoisotopic (exact) mass is 378 g/mol. The smallest absolute Gasteiger partial charge is 0.240 e. The molecule has 1 unspecified atom stereocenters. The molecule has 2 fully saturated rings. The second-order valence-corrected chi connectivity index (χ2v) is 8.16. The fourth-order valence-electron chi connectivity index (χ4n) is 4.78. The van der Waals surface area contributed by atoms with Gasteiger partial charge in [0, 0.05) is 6.42 Å². The van der Waals surface area contributed by atoms with Crippen LogP contribution in [0.3, 0.4) is 0 Å². The molecule has 4 rings (SSSR count). The van der Waals surface area contributed by atoms with Crippen molar-refractivity contribution in [3.05, 3.63) is 48.0 Å². The lowest BCUT2D eigenvalue weighted by Crippen LogP contribution is -2.43. The van der Waals surface area contributed by atoms with Gasteiger partial charge in [0.2, 0.25) is 17.7 Å². The van der Waals surface area contributed by atoms with E-state index in [9.17, 15) is 14.4 Å². The van der Waals surface area contributed by atoms with Crippen LogP contribution < -0.4 is 5.32 Å². The fourth-order valence-corrected chi connectivity index (χ4v) is 4.78. The fraction of sp³-hybridized carbons (Fsp3) is 0.435. The summed E-state index contributed by atoms with van der Waals surface area (Å²) in [5, 5.41) is 5.17. The second-order valence-electron chi connectivity index (χ2n) is 8.16. The molecule has 0 aromatic heterocycles. The number of rotatable bonds is 4. The molecule has 5 nitrogen and oxygen atoms in total. The number of nitrogens with one attached hydrogen (secondary N) is 1. The number of hydrogen-bond donors (Lipinski definition) is 1. The van der Waals surface area contributed by atoms with Gasteiger partial charge in [-0.05, 0) is 36.1 Å². The van der Waals surface area contributed by atoms with E-state index in [1.165, 1.54) is 4.90 Å². The summed E-state index contributed by atoms with van der Waals surface area (Å²) in [7, 11) is 0. The van der Waals surface area contributed by atoms with Crippen LogP contribution in [-0.4, -0.2) is 29.2 Å². The third-order valence-corrected chi connectivity index (χ3v) is 6.27. The first kappa shape index (κ1) is 18.7. The van der Waals surface area contributed by atoms with E-state index in [4.69, 9.17) is 0 Å². The maximum atomic E-state index is 12.9. The number of amides is 3. The molecule has 1 aliphatic heterocycles. The lowest BCUT2D eigenvalue weighted by Gasteiger charge is -2.30. The molecule has 3 amide bonds. The molecule has 146 valence electrons. The van der Waals surface area contributed by atoms with Crippen molar-refractivity contribution >= 4 is 28.5 Å². The molecule has 1 saturated carbocycles. The van der Waals surface area contributed by atoms with Crippen LogP contribution in [0.2, 0.25) is 0 Å². The number of imide groups is 1. The van der Waals surface area contributed by atoms with E-state index in [0.717, 1.165) is 48.4 Å².